The highest BCUT2D eigenvalue weighted by atomic mass is 16.5. The molecule has 0 fully saturated rings. The molecule has 0 saturated carbocycles. The van der Waals surface area contributed by atoms with E-state index in [9.17, 15) is 14.4 Å². The number of carbonyl (C=O) groups excluding carboxylic acids is 1. The summed E-state index contributed by atoms with van der Waals surface area (Å²) in [6, 6.07) is 1.24. The average Bonchev–Trinajstić information content (AvgIpc) is 2.75. The summed E-state index contributed by atoms with van der Waals surface area (Å²) in [7, 11) is 0. The first-order valence-electron chi connectivity index (χ1n) is 6.45. The fourth-order valence-electron chi connectivity index (χ4n) is 1.87. The third kappa shape index (κ3) is 3.68. The van der Waals surface area contributed by atoms with Crippen LogP contribution in [0.3, 0.4) is 0 Å². The van der Waals surface area contributed by atoms with Crippen LogP contribution in [0, 0.1) is 13.8 Å². The zero-order valence-corrected chi connectivity index (χ0v) is 11.8. The van der Waals surface area contributed by atoms with Gasteiger partial charge in [-0.1, -0.05) is 5.16 Å². The Labute approximate surface area is 119 Å². The number of nitrogens with zero attached hydrogens (tertiary/aromatic N) is 2. The fraction of sp³-hybridized carbons (Fsp3) is 0.385. The van der Waals surface area contributed by atoms with Gasteiger partial charge in [0.2, 0.25) is 5.91 Å². The minimum atomic E-state index is -0.527. The summed E-state index contributed by atoms with van der Waals surface area (Å²) in [5.74, 6) is 0.470. The van der Waals surface area contributed by atoms with Gasteiger partial charge in [-0.05, 0) is 13.8 Å². The summed E-state index contributed by atoms with van der Waals surface area (Å²) >= 11 is 0. The smallest absolute Gasteiger partial charge is 0.328 e. The van der Waals surface area contributed by atoms with E-state index in [2.05, 4.69) is 15.5 Å². The Morgan fingerprint density at radius 2 is 2.19 bits per heavy atom. The van der Waals surface area contributed by atoms with E-state index < -0.39 is 11.2 Å². The van der Waals surface area contributed by atoms with E-state index in [0.717, 1.165) is 11.3 Å². The van der Waals surface area contributed by atoms with Crippen LogP contribution in [0.5, 0.6) is 0 Å². The van der Waals surface area contributed by atoms with Crippen molar-refractivity contribution in [3.05, 3.63) is 50.1 Å². The van der Waals surface area contributed by atoms with Gasteiger partial charge in [0.05, 0.1) is 5.69 Å². The zero-order valence-electron chi connectivity index (χ0n) is 11.8. The van der Waals surface area contributed by atoms with E-state index in [-0.39, 0.29) is 18.9 Å². The molecular weight excluding hydrogens is 276 g/mol. The molecule has 0 aliphatic rings. The summed E-state index contributed by atoms with van der Waals surface area (Å²) in [6.07, 6.45) is 1.50. The van der Waals surface area contributed by atoms with Crippen molar-refractivity contribution < 1.29 is 9.32 Å². The van der Waals surface area contributed by atoms with Crippen LogP contribution in [0.25, 0.3) is 0 Å². The van der Waals surface area contributed by atoms with Crippen LogP contribution in [0.15, 0.2) is 26.4 Å². The lowest BCUT2D eigenvalue weighted by Crippen LogP contribution is -2.31. The highest BCUT2D eigenvalue weighted by Crippen LogP contribution is 2.11. The van der Waals surface area contributed by atoms with Gasteiger partial charge in [0.1, 0.15) is 5.76 Å². The molecule has 2 rings (SSSR count). The van der Waals surface area contributed by atoms with Crippen molar-refractivity contribution >= 4 is 5.91 Å². The SMILES string of the molecule is Cc1noc(C)c1CNC(=O)CCn1ccc(=O)[nH]c1=O. The number of amides is 1. The summed E-state index contributed by atoms with van der Waals surface area (Å²) in [5, 5.41) is 6.54. The molecule has 112 valence electrons. The Morgan fingerprint density at radius 1 is 1.43 bits per heavy atom. The second-order valence-electron chi connectivity index (χ2n) is 4.63. The lowest BCUT2D eigenvalue weighted by atomic mass is 10.2. The number of nitrogens with one attached hydrogen (secondary N) is 2. The molecule has 0 spiro atoms. The molecule has 2 heterocycles. The van der Waals surface area contributed by atoms with E-state index in [1.807, 2.05) is 0 Å². The fourth-order valence-corrected chi connectivity index (χ4v) is 1.87. The average molecular weight is 292 g/mol. The molecule has 2 aromatic heterocycles. The van der Waals surface area contributed by atoms with Crippen LogP contribution in [0.1, 0.15) is 23.4 Å². The molecule has 1 amide bonds. The predicted molar refractivity (Wildman–Crippen MR) is 73.8 cm³/mol. The summed E-state index contributed by atoms with van der Waals surface area (Å²) in [4.78, 5) is 36.3. The Bertz CT molecular complexity index is 737. The third-order valence-electron chi connectivity index (χ3n) is 3.12. The third-order valence-corrected chi connectivity index (χ3v) is 3.12. The molecule has 21 heavy (non-hydrogen) atoms. The minimum Gasteiger partial charge on any atom is -0.361 e. The monoisotopic (exact) mass is 292 g/mol. The van der Waals surface area contributed by atoms with Crippen LogP contribution < -0.4 is 16.6 Å². The first-order chi connectivity index (χ1) is 9.97. The molecule has 0 atom stereocenters. The number of aryl methyl sites for hydroxylation is 3. The largest absolute Gasteiger partial charge is 0.361 e. The number of hydrogen-bond acceptors (Lipinski definition) is 5. The molecule has 0 saturated heterocycles. The Morgan fingerprint density at radius 3 is 2.81 bits per heavy atom. The van der Waals surface area contributed by atoms with Crippen LogP contribution in [-0.2, 0) is 17.9 Å². The van der Waals surface area contributed by atoms with Crippen molar-refractivity contribution in [3.63, 3.8) is 0 Å². The van der Waals surface area contributed by atoms with Crippen molar-refractivity contribution in [2.45, 2.75) is 33.4 Å². The van der Waals surface area contributed by atoms with E-state index in [1.165, 1.54) is 16.8 Å². The maximum Gasteiger partial charge on any atom is 0.328 e. The van der Waals surface area contributed by atoms with Crippen molar-refractivity contribution in [2.75, 3.05) is 0 Å². The van der Waals surface area contributed by atoms with Gasteiger partial charge in [0, 0.05) is 37.3 Å². The summed E-state index contributed by atoms with van der Waals surface area (Å²) in [6.45, 7) is 4.11. The molecule has 0 unspecified atom stereocenters. The number of aromatic amines is 1. The molecule has 0 radical (unpaired) electrons. The van der Waals surface area contributed by atoms with Gasteiger partial charge in [0.25, 0.3) is 5.56 Å². The highest BCUT2D eigenvalue weighted by molar-refractivity contribution is 5.75. The molecule has 0 bridgehead atoms. The molecule has 0 aliphatic heterocycles. The number of hydrogen-bond donors (Lipinski definition) is 2. The maximum absolute atomic E-state index is 11.8. The standard InChI is InChI=1S/C13H16N4O4/c1-8-10(9(2)21-16-8)7-14-11(18)3-5-17-6-4-12(19)15-13(17)20/h4,6H,3,5,7H2,1-2H3,(H,14,18)(H,15,19,20). The van der Waals surface area contributed by atoms with E-state index in [4.69, 9.17) is 4.52 Å². The van der Waals surface area contributed by atoms with Crippen molar-refractivity contribution in [1.29, 1.82) is 0 Å². The lowest BCUT2D eigenvalue weighted by molar-refractivity contribution is -0.121. The van der Waals surface area contributed by atoms with E-state index in [1.54, 1.807) is 13.8 Å². The van der Waals surface area contributed by atoms with Gasteiger partial charge < -0.3 is 14.4 Å². The van der Waals surface area contributed by atoms with E-state index in [0.29, 0.717) is 12.3 Å². The van der Waals surface area contributed by atoms with Crippen LogP contribution in [-0.4, -0.2) is 20.6 Å². The molecule has 2 N–H and O–H groups in total. The van der Waals surface area contributed by atoms with Crippen LogP contribution >= 0.6 is 0 Å². The molecular formula is C13H16N4O4. The van der Waals surface area contributed by atoms with Crippen LogP contribution in [0.2, 0.25) is 0 Å². The minimum absolute atomic E-state index is 0.134. The number of H-pyrrole nitrogens is 1. The highest BCUT2D eigenvalue weighted by Gasteiger charge is 2.10. The Hall–Kier alpha value is -2.64. The first kappa shape index (κ1) is 14.8. The Balaban J connectivity index is 1.88. The first-order valence-corrected chi connectivity index (χ1v) is 6.45. The second-order valence-corrected chi connectivity index (χ2v) is 4.63. The molecule has 8 heteroatoms. The number of carbonyl (C=O) groups is 1. The zero-order chi connectivity index (χ0) is 15.4. The molecule has 0 aromatic carbocycles. The van der Waals surface area contributed by atoms with Crippen LogP contribution in [0.4, 0.5) is 0 Å². The lowest BCUT2D eigenvalue weighted by Gasteiger charge is -2.06. The molecule has 8 nitrogen and oxygen atoms in total. The topological polar surface area (TPSA) is 110 Å². The summed E-state index contributed by atoms with van der Waals surface area (Å²) in [5.41, 5.74) is 0.606. The Kier molecular flexibility index (Phi) is 4.36. The van der Waals surface area contributed by atoms with Crippen molar-refractivity contribution in [1.82, 2.24) is 20.0 Å². The molecule has 0 aliphatic carbocycles. The second kappa shape index (κ2) is 6.21. The summed E-state index contributed by atoms with van der Waals surface area (Å²) < 4.78 is 6.28. The quantitative estimate of drug-likeness (QED) is 0.796. The van der Waals surface area contributed by atoms with Gasteiger partial charge >= 0.3 is 5.69 Å². The van der Waals surface area contributed by atoms with E-state index >= 15 is 0 Å². The van der Waals surface area contributed by atoms with Crippen molar-refractivity contribution in [3.8, 4) is 0 Å². The van der Waals surface area contributed by atoms with Gasteiger partial charge in [-0.2, -0.15) is 0 Å². The maximum atomic E-state index is 11.8. The van der Waals surface area contributed by atoms with Gasteiger partial charge in [-0.25, -0.2) is 4.79 Å². The predicted octanol–water partition coefficient (Wildman–Crippen LogP) is -0.152. The van der Waals surface area contributed by atoms with Gasteiger partial charge in [-0.3, -0.25) is 14.6 Å². The normalized spacial score (nSPS) is 10.6. The van der Waals surface area contributed by atoms with Gasteiger partial charge in [0.15, 0.2) is 0 Å². The molecule has 2 aromatic rings. The van der Waals surface area contributed by atoms with Gasteiger partial charge in [-0.15, -0.1) is 0 Å². The number of rotatable bonds is 5. The van der Waals surface area contributed by atoms with Crippen molar-refractivity contribution in [2.24, 2.45) is 0 Å². The number of aromatic nitrogens is 3.